The number of aliphatic carboxylic acids is 1. The Labute approximate surface area is 92.7 Å². The second kappa shape index (κ2) is 3.90. The van der Waals surface area contributed by atoms with Crippen molar-refractivity contribution in [3.05, 3.63) is 41.6 Å². The third-order valence-electron chi connectivity index (χ3n) is 2.48. The first kappa shape index (κ1) is 10.6. The lowest BCUT2D eigenvalue weighted by Gasteiger charge is -2.11. The van der Waals surface area contributed by atoms with Crippen molar-refractivity contribution in [2.24, 2.45) is 5.73 Å². The van der Waals surface area contributed by atoms with Gasteiger partial charge in [0.15, 0.2) is 0 Å². The molecule has 0 radical (unpaired) electrons. The van der Waals surface area contributed by atoms with Crippen LogP contribution in [0.1, 0.15) is 17.3 Å². The van der Waals surface area contributed by atoms with E-state index in [4.69, 9.17) is 10.8 Å². The summed E-state index contributed by atoms with van der Waals surface area (Å²) in [6, 6.07) is 8.11. The van der Waals surface area contributed by atoms with Gasteiger partial charge in [0.25, 0.3) is 0 Å². The van der Waals surface area contributed by atoms with Gasteiger partial charge in [-0.25, -0.2) is 0 Å². The summed E-state index contributed by atoms with van der Waals surface area (Å²) in [5, 5.41) is 9.73. The molecule has 1 unspecified atom stereocenters. The number of aryl methyl sites for hydroxylation is 1. The molecular formula is C12H12N2O2. The van der Waals surface area contributed by atoms with Crippen molar-refractivity contribution in [1.82, 2.24) is 4.98 Å². The van der Waals surface area contributed by atoms with E-state index in [1.54, 1.807) is 6.07 Å². The summed E-state index contributed by atoms with van der Waals surface area (Å²) in [5.41, 5.74) is 7.79. The monoisotopic (exact) mass is 216 g/mol. The van der Waals surface area contributed by atoms with Gasteiger partial charge < -0.3 is 10.8 Å². The fourth-order valence-electron chi connectivity index (χ4n) is 1.73. The number of fused-ring (bicyclic) bond motifs is 1. The third kappa shape index (κ3) is 1.75. The molecule has 4 heteroatoms. The molecule has 0 aliphatic heterocycles. The molecule has 16 heavy (non-hydrogen) atoms. The van der Waals surface area contributed by atoms with Crippen molar-refractivity contribution in [3.8, 4) is 0 Å². The lowest BCUT2D eigenvalue weighted by atomic mass is 10.0. The topological polar surface area (TPSA) is 76.2 Å². The van der Waals surface area contributed by atoms with Crippen molar-refractivity contribution < 1.29 is 9.90 Å². The molecule has 2 rings (SSSR count). The predicted molar refractivity (Wildman–Crippen MR) is 61.0 cm³/mol. The van der Waals surface area contributed by atoms with Gasteiger partial charge in [-0.3, -0.25) is 9.78 Å². The Balaban J connectivity index is 2.72. The van der Waals surface area contributed by atoms with Crippen molar-refractivity contribution in [1.29, 1.82) is 0 Å². The summed E-state index contributed by atoms with van der Waals surface area (Å²) < 4.78 is 0. The minimum Gasteiger partial charge on any atom is -0.480 e. The van der Waals surface area contributed by atoms with Gasteiger partial charge in [-0.1, -0.05) is 18.2 Å². The van der Waals surface area contributed by atoms with Gasteiger partial charge in [0, 0.05) is 11.1 Å². The average Bonchev–Trinajstić information content (AvgIpc) is 2.26. The lowest BCUT2D eigenvalue weighted by Crippen LogP contribution is -2.21. The third-order valence-corrected chi connectivity index (χ3v) is 2.48. The summed E-state index contributed by atoms with van der Waals surface area (Å²) >= 11 is 0. The van der Waals surface area contributed by atoms with E-state index in [1.807, 2.05) is 31.2 Å². The van der Waals surface area contributed by atoms with E-state index < -0.39 is 12.0 Å². The van der Waals surface area contributed by atoms with Crippen LogP contribution in [0, 0.1) is 6.92 Å². The van der Waals surface area contributed by atoms with E-state index in [2.05, 4.69) is 4.98 Å². The first-order chi connectivity index (χ1) is 7.59. The quantitative estimate of drug-likeness (QED) is 0.799. The van der Waals surface area contributed by atoms with E-state index in [0.717, 1.165) is 16.6 Å². The van der Waals surface area contributed by atoms with Crippen LogP contribution < -0.4 is 5.73 Å². The zero-order valence-corrected chi connectivity index (χ0v) is 8.84. The molecule has 0 aliphatic rings. The number of hydrogen-bond donors (Lipinski definition) is 2. The Morgan fingerprint density at radius 1 is 1.44 bits per heavy atom. The van der Waals surface area contributed by atoms with Crippen LogP contribution in [0.15, 0.2) is 30.3 Å². The van der Waals surface area contributed by atoms with E-state index in [1.165, 1.54) is 0 Å². The van der Waals surface area contributed by atoms with Crippen LogP contribution in [0.2, 0.25) is 0 Å². The van der Waals surface area contributed by atoms with Crippen LogP contribution in [-0.4, -0.2) is 16.1 Å². The largest absolute Gasteiger partial charge is 0.480 e. The van der Waals surface area contributed by atoms with Crippen molar-refractivity contribution in [2.45, 2.75) is 13.0 Å². The van der Waals surface area contributed by atoms with Gasteiger partial charge in [0.2, 0.25) is 0 Å². The SMILES string of the molecule is Cc1cc(C(N)C(=O)O)c2ccccc2n1. The minimum absolute atomic E-state index is 0.607. The Morgan fingerprint density at radius 2 is 2.12 bits per heavy atom. The number of nitrogens with zero attached hydrogens (tertiary/aromatic N) is 1. The fraction of sp³-hybridized carbons (Fsp3) is 0.167. The first-order valence-corrected chi connectivity index (χ1v) is 4.94. The number of nitrogens with two attached hydrogens (primary N) is 1. The zero-order valence-electron chi connectivity index (χ0n) is 8.84. The van der Waals surface area contributed by atoms with Gasteiger partial charge in [-0.15, -0.1) is 0 Å². The molecule has 1 heterocycles. The lowest BCUT2D eigenvalue weighted by molar-refractivity contribution is -0.138. The summed E-state index contributed by atoms with van der Waals surface area (Å²) in [7, 11) is 0. The molecule has 0 fully saturated rings. The molecule has 0 amide bonds. The number of pyridine rings is 1. The number of hydrogen-bond acceptors (Lipinski definition) is 3. The Kier molecular flexibility index (Phi) is 2.58. The Bertz CT molecular complexity index is 552. The molecule has 0 saturated heterocycles. The number of carbonyl (C=O) groups is 1. The van der Waals surface area contributed by atoms with Gasteiger partial charge in [-0.2, -0.15) is 0 Å². The van der Waals surface area contributed by atoms with Gasteiger partial charge in [-0.05, 0) is 24.6 Å². The summed E-state index contributed by atoms with van der Waals surface area (Å²) in [5.74, 6) is -1.03. The second-order valence-corrected chi connectivity index (χ2v) is 3.69. The van der Waals surface area contributed by atoms with Crippen LogP contribution in [0.4, 0.5) is 0 Å². The maximum Gasteiger partial charge on any atom is 0.325 e. The highest BCUT2D eigenvalue weighted by molar-refractivity contribution is 5.88. The molecule has 0 bridgehead atoms. The molecule has 1 atom stereocenters. The first-order valence-electron chi connectivity index (χ1n) is 4.94. The number of carboxylic acid groups (broad SMARTS) is 1. The Hall–Kier alpha value is -1.94. The van der Waals surface area contributed by atoms with E-state index in [0.29, 0.717) is 5.56 Å². The highest BCUT2D eigenvalue weighted by Gasteiger charge is 2.17. The summed E-state index contributed by atoms with van der Waals surface area (Å²) in [6.45, 7) is 1.82. The summed E-state index contributed by atoms with van der Waals surface area (Å²) in [4.78, 5) is 15.2. The highest BCUT2D eigenvalue weighted by atomic mass is 16.4. The number of para-hydroxylation sites is 1. The average molecular weight is 216 g/mol. The summed E-state index contributed by atoms with van der Waals surface area (Å²) in [6.07, 6.45) is 0. The van der Waals surface area contributed by atoms with Gasteiger partial charge >= 0.3 is 5.97 Å². The van der Waals surface area contributed by atoms with Crippen molar-refractivity contribution in [2.75, 3.05) is 0 Å². The van der Waals surface area contributed by atoms with Crippen LogP contribution in [0.3, 0.4) is 0 Å². The molecule has 1 aromatic carbocycles. The van der Waals surface area contributed by atoms with Crippen LogP contribution in [0.25, 0.3) is 10.9 Å². The predicted octanol–water partition coefficient (Wildman–Crippen LogP) is 1.63. The zero-order chi connectivity index (χ0) is 11.7. The molecule has 2 aromatic rings. The van der Waals surface area contributed by atoms with E-state index in [9.17, 15) is 4.79 Å². The highest BCUT2D eigenvalue weighted by Crippen LogP contribution is 2.22. The standard InChI is InChI=1S/C12H12N2O2/c1-7-6-9(11(13)12(15)16)8-4-2-3-5-10(8)14-7/h2-6,11H,13H2,1H3,(H,15,16). The second-order valence-electron chi connectivity index (χ2n) is 3.69. The molecule has 0 saturated carbocycles. The van der Waals surface area contributed by atoms with Crippen LogP contribution in [0.5, 0.6) is 0 Å². The smallest absolute Gasteiger partial charge is 0.325 e. The number of rotatable bonds is 2. The van der Waals surface area contributed by atoms with Crippen LogP contribution >= 0.6 is 0 Å². The van der Waals surface area contributed by atoms with Gasteiger partial charge in [0.1, 0.15) is 6.04 Å². The van der Waals surface area contributed by atoms with Crippen molar-refractivity contribution >= 4 is 16.9 Å². The molecule has 3 N–H and O–H groups in total. The normalized spacial score (nSPS) is 12.6. The molecular weight excluding hydrogens is 204 g/mol. The minimum atomic E-state index is -1.03. The number of carboxylic acids is 1. The molecule has 4 nitrogen and oxygen atoms in total. The fourth-order valence-corrected chi connectivity index (χ4v) is 1.73. The molecule has 82 valence electrons. The van der Waals surface area contributed by atoms with Gasteiger partial charge in [0.05, 0.1) is 5.52 Å². The van der Waals surface area contributed by atoms with Crippen molar-refractivity contribution in [3.63, 3.8) is 0 Å². The molecule has 1 aromatic heterocycles. The van der Waals surface area contributed by atoms with E-state index in [-0.39, 0.29) is 0 Å². The number of aromatic nitrogens is 1. The molecule has 0 spiro atoms. The molecule has 0 aliphatic carbocycles. The number of benzene rings is 1. The maximum absolute atomic E-state index is 10.9. The van der Waals surface area contributed by atoms with E-state index >= 15 is 0 Å². The van der Waals surface area contributed by atoms with Crippen LogP contribution in [-0.2, 0) is 4.79 Å². The maximum atomic E-state index is 10.9. The Morgan fingerprint density at radius 3 is 2.81 bits per heavy atom.